The van der Waals surface area contributed by atoms with Gasteiger partial charge in [0.15, 0.2) is 12.1 Å². The van der Waals surface area contributed by atoms with Crippen molar-refractivity contribution in [3.8, 4) is 23.0 Å². The first kappa shape index (κ1) is 29.4. The summed E-state index contributed by atoms with van der Waals surface area (Å²) in [5.74, 6) is -0.893. The van der Waals surface area contributed by atoms with Crippen molar-refractivity contribution in [1.82, 2.24) is 0 Å². The largest absolute Gasteiger partial charge is 0.508 e. The van der Waals surface area contributed by atoms with Gasteiger partial charge in [-0.3, -0.25) is 4.79 Å². The molecule has 0 bridgehead atoms. The van der Waals surface area contributed by atoms with Crippen molar-refractivity contribution in [3.05, 3.63) is 47.5 Å². The Morgan fingerprint density at radius 2 is 1.49 bits per heavy atom. The molecule has 11 atom stereocenters. The molecule has 41 heavy (non-hydrogen) atoms. The molecule has 2 fully saturated rings. The number of hydrogen-bond acceptors (Lipinski definition) is 14. The van der Waals surface area contributed by atoms with Crippen molar-refractivity contribution in [2.24, 2.45) is 0 Å². The van der Waals surface area contributed by atoms with E-state index < -0.39 is 85.7 Å². The zero-order valence-electron chi connectivity index (χ0n) is 21.8. The molecule has 1 unspecified atom stereocenters. The highest BCUT2D eigenvalue weighted by molar-refractivity contribution is 6.02. The summed E-state index contributed by atoms with van der Waals surface area (Å²) in [6, 6.07) is 8.51. The second kappa shape index (κ2) is 11.7. The van der Waals surface area contributed by atoms with Gasteiger partial charge in [-0.1, -0.05) is 12.1 Å². The first-order valence-electron chi connectivity index (χ1n) is 13.0. The molecule has 3 heterocycles. The van der Waals surface area contributed by atoms with Crippen LogP contribution < -0.4 is 9.47 Å². The summed E-state index contributed by atoms with van der Waals surface area (Å²) < 4.78 is 28.0. The third-order valence-electron chi connectivity index (χ3n) is 7.39. The molecule has 14 nitrogen and oxygen atoms in total. The molecule has 3 aliphatic heterocycles. The highest BCUT2D eigenvalue weighted by Gasteiger charge is 2.47. The highest BCUT2D eigenvalue weighted by Crippen LogP contribution is 2.42. The normalized spacial score (nSPS) is 37.2. The summed E-state index contributed by atoms with van der Waals surface area (Å²) in [5, 5.41) is 81.5. The lowest BCUT2D eigenvalue weighted by atomic mass is 9.95. The number of benzene rings is 2. The second-order valence-corrected chi connectivity index (χ2v) is 10.3. The Morgan fingerprint density at radius 1 is 0.829 bits per heavy atom. The lowest BCUT2D eigenvalue weighted by Crippen LogP contribution is -2.61. The van der Waals surface area contributed by atoms with Crippen LogP contribution in [0.2, 0.25) is 0 Å². The van der Waals surface area contributed by atoms with Crippen LogP contribution in [0.3, 0.4) is 0 Å². The molecule has 0 aromatic heterocycles. The van der Waals surface area contributed by atoms with Crippen LogP contribution in [0.5, 0.6) is 23.0 Å². The zero-order valence-corrected chi connectivity index (χ0v) is 21.8. The minimum Gasteiger partial charge on any atom is -0.508 e. The van der Waals surface area contributed by atoms with E-state index in [1.54, 1.807) is 12.1 Å². The number of aliphatic hydroxyl groups excluding tert-OH is 6. The first-order chi connectivity index (χ1) is 19.4. The van der Waals surface area contributed by atoms with Crippen LogP contribution in [0, 0.1) is 0 Å². The minimum atomic E-state index is -1.76. The van der Waals surface area contributed by atoms with E-state index in [2.05, 4.69) is 0 Å². The molecule has 2 aromatic carbocycles. The van der Waals surface area contributed by atoms with Gasteiger partial charge in [0.25, 0.3) is 0 Å². The molecule has 224 valence electrons. The van der Waals surface area contributed by atoms with Crippen molar-refractivity contribution in [3.63, 3.8) is 0 Å². The van der Waals surface area contributed by atoms with E-state index in [4.69, 9.17) is 23.7 Å². The van der Waals surface area contributed by atoms with Gasteiger partial charge in [0, 0.05) is 12.1 Å². The standard InChI is InChI=1S/C27H32O14/c1-10-20(31)22(33)24(35)26(38-10)37-9-18-21(32)23(34)25(36)27(41-18)39-13-6-14(29)19-15(30)8-16(40-17(19)7-13)11-2-4-12(28)5-3-11/h2-7,10,16,18,20-29,31-36H,8-9H2,1H3/t10-,16?,18-,20+,21-,22-,23+,24-,25-,26+,27+/m1/s1. The summed E-state index contributed by atoms with van der Waals surface area (Å²) in [7, 11) is 0. The van der Waals surface area contributed by atoms with Crippen molar-refractivity contribution >= 4 is 5.78 Å². The second-order valence-electron chi connectivity index (χ2n) is 10.3. The maximum absolute atomic E-state index is 12.8. The Morgan fingerprint density at radius 3 is 2.20 bits per heavy atom. The Kier molecular flexibility index (Phi) is 8.39. The van der Waals surface area contributed by atoms with Gasteiger partial charge in [-0.15, -0.1) is 0 Å². The highest BCUT2D eigenvalue weighted by atomic mass is 16.7. The zero-order chi connectivity index (χ0) is 29.6. The number of rotatable bonds is 6. The summed E-state index contributed by atoms with van der Waals surface area (Å²) in [5.41, 5.74) is 0.550. The van der Waals surface area contributed by atoms with E-state index in [0.29, 0.717) is 5.56 Å². The van der Waals surface area contributed by atoms with E-state index in [9.17, 15) is 45.6 Å². The van der Waals surface area contributed by atoms with E-state index in [-0.39, 0.29) is 29.2 Å². The number of aliphatic hydroxyl groups is 6. The van der Waals surface area contributed by atoms with Crippen molar-refractivity contribution < 1.29 is 69.3 Å². The number of phenols is 2. The molecule has 5 rings (SSSR count). The van der Waals surface area contributed by atoms with Crippen LogP contribution in [0.15, 0.2) is 36.4 Å². The fourth-order valence-electron chi connectivity index (χ4n) is 4.98. The van der Waals surface area contributed by atoms with E-state index in [1.165, 1.54) is 25.1 Å². The average molecular weight is 581 g/mol. The topological polar surface area (TPSA) is 225 Å². The lowest BCUT2D eigenvalue weighted by Gasteiger charge is -2.42. The number of aromatic hydroxyl groups is 2. The fourth-order valence-corrected chi connectivity index (χ4v) is 4.98. The molecule has 0 amide bonds. The fraction of sp³-hybridized carbons (Fsp3) is 0.519. The van der Waals surface area contributed by atoms with Crippen LogP contribution in [-0.2, 0) is 14.2 Å². The summed E-state index contributed by atoms with van der Waals surface area (Å²) in [6.45, 7) is 0.980. The lowest BCUT2D eigenvalue weighted by molar-refractivity contribution is -0.318. The number of Topliss-reactive ketones (excluding diaryl/α,β-unsaturated/α-hetero) is 1. The molecular formula is C27H32O14. The molecule has 0 saturated carbocycles. The van der Waals surface area contributed by atoms with Gasteiger partial charge in [-0.2, -0.15) is 0 Å². The Hall–Kier alpha value is -3.05. The maximum atomic E-state index is 12.8. The van der Waals surface area contributed by atoms with Crippen LogP contribution in [0.1, 0.15) is 35.4 Å². The monoisotopic (exact) mass is 580 g/mol. The smallest absolute Gasteiger partial charge is 0.229 e. The van der Waals surface area contributed by atoms with E-state index in [0.717, 1.165) is 6.07 Å². The molecule has 8 N–H and O–H groups in total. The third-order valence-corrected chi connectivity index (χ3v) is 7.39. The number of phenolic OH excluding ortho intramolecular Hbond substituents is 2. The number of ether oxygens (including phenoxy) is 5. The van der Waals surface area contributed by atoms with Crippen LogP contribution >= 0.6 is 0 Å². The average Bonchev–Trinajstić information content (AvgIpc) is 2.94. The molecule has 14 heteroatoms. The quantitative estimate of drug-likeness (QED) is 0.202. The molecule has 2 saturated heterocycles. The van der Waals surface area contributed by atoms with Gasteiger partial charge in [-0.05, 0) is 24.6 Å². The Balaban J connectivity index is 1.30. The molecular weight excluding hydrogens is 548 g/mol. The van der Waals surface area contributed by atoms with Gasteiger partial charge in [0.05, 0.1) is 19.1 Å². The van der Waals surface area contributed by atoms with E-state index in [1.807, 2.05) is 0 Å². The molecule has 0 radical (unpaired) electrons. The summed E-state index contributed by atoms with van der Waals surface area (Å²) >= 11 is 0. The summed E-state index contributed by atoms with van der Waals surface area (Å²) in [4.78, 5) is 12.8. The molecule has 3 aliphatic rings. The SMILES string of the molecule is C[C@H]1O[C@H](OC[C@H]2O[C@H](Oc3cc(O)c4c(c3)OC(c3ccc(O)cc3)CC4=O)[C@H](O)[C@@H](O)[C@@H]2O)[C@H](O)[C@H](O)[C@H]1O. The minimum absolute atomic E-state index is 0.00149. The van der Waals surface area contributed by atoms with E-state index >= 15 is 0 Å². The molecule has 0 spiro atoms. The number of carbonyl (C=O) groups excluding carboxylic acids is 1. The first-order valence-corrected chi connectivity index (χ1v) is 13.0. The van der Waals surface area contributed by atoms with Gasteiger partial charge in [0.2, 0.25) is 6.29 Å². The Bertz CT molecular complexity index is 1240. The summed E-state index contributed by atoms with van der Waals surface area (Å²) in [6.07, 6.45) is -15.6. The van der Waals surface area contributed by atoms with Crippen molar-refractivity contribution in [2.75, 3.05) is 6.61 Å². The maximum Gasteiger partial charge on any atom is 0.229 e. The number of hydrogen-bond donors (Lipinski definition) is 8. The third kappa shape index (κ3) is 5.83. The van der Waals surface area contributed by atoms with Gasteiger partial charge >= 0.3 is 0 Å². The predicted molar refractivity (Wildman–Crippen MR) is 134 cm³/mol. The number of carbonyl (C=O) groups is 1. The van der Waals surface area contributed by atoms with Crippen molar-refractivity contribution in [2.45, 2.75) is 80.9 Å². The predicted octanol–water partition coefficient (Wildman–Crippen LogP) is -1.17. The molecule has 0 aliphatic carbocycles. The van der Waals surface area contributed by atoms with Crippen LogP contribution in [0.4, 0.5) is 0 Å². The number of fused-ring (bicyclic) bond motifs is 1. The van der Waals surface area contributed by atoms with Gasteiger partial charge in [-0.25, -0.2) is 0 Å². The van der Waals surface area contributed by atoms with Gasteiger partial charge < -0.3 is 64.5 Å². The van der Waals surface area contributed by atoms with Crippen LogP contribution in [-0.4, -0.2) is 115 Å². The van der Waals surface area contributed by atoms with Crippen molar-refractivity contribution in [1.29, 1.82) is 0 Å². The number of ketones is 1. The molecule has 2 aromatic rings. The Labute approximate surface area is 233 Å². The van der Waals surface area contributed by atoms with Gasteiger partial charge in [0.1, 0.15) is 77.4 Å². The van der Waals surface area contributed by atoms with Crippen LogP contribution in [0.25, 0.3) is 0 Å².